The van der Waals surface area contributed by atoms with Crippen molar-refractivity contribution >= 4 is 34.1 Å². The Morgan fingerprint density at radius 1 is 1.45 bits per heavy atom. The van der Waals surface area contributed by atoms with Crippen molar-refractivity contribution in [3.63, 3.8) is 0 Å². The standard InChI is InChI=1S/C20H21N3O5S/c1-10-16(29-9-22-10)8-27-12-4-5-15-13(6-12)17(18(28-15)11-2-3-11)20(26)23-14(7-24)19(21)25/h4-6,9,11,14,24H,2-3,7-8H2,1H3,(H2,21,25)(H,23,26). The number of rotatable bonds is 8. The smallest absolute Gasteiger partial charge is 0.256 e. The summed E-state index contributed by atoms with van der Waals surface area (Å²) in [5, 5.41) is 12.4. The number of aliphatic hydroxyl groups excluding tert-OH is 1. The van der Waals surface area contributed by atoms with E-state index in [0.717, 1.165) is 23.4 Å². The van der Waals surface area contributed by atoms with Gasteiger partial charge in [-0.2, -0.15) is 0 Å². The van der Waals surface area contributed by atoms with Crippen molar-refractivity contribution in [3.05, 3.63) is 45.6 Å². The Hall–Kier alpha value is -2.91. The number of hydrogen-bond acceptors (Lipinski definition) is 7. The fourth-order valence-electron chi connectivity index (χ4n) is 3.10. The summed E-state index contributed by atoms with van der Waals surface area (Å²) in [6.07, 6.45) is 1.88. The molecule has 2 aromatic heterocycles. The molecule has 9 heteroatoms. The summed E-state index contributed by atoms with van der Waals surface area (Å²) in [6, 6.07) is 4.16. The van der Waals surface area contributed by atoms with Gasteiger partial charge in [-0.3, -0.25) is 9.59 Å². The molecule has 1 aliphatic carbocycles. The van der Waals surface area contributed by atoms with E-state index in [4.69, 9.17) is 14.9 Å². The number of thiazole rings is 1. The Kier molecular flexibility index (Phi) is 5.25. The Morgan fingerprint density at radius 3 is 2.86 bits per heavy atom. The molecule has 4 N–H and O–H groups in total. The van der Waals surface area contributed by atoms with Crippen molar-refractivity contribution < 1.29 is 23.8 Å². The quantitative estimate of drug-likeness (QED) is 0.518. The first-order chi connectivity index (χ1) is 14.0. The molecule has 3 aromatic rings. The number of carbonyl (C=O) groups is 2. The molecule has 0 radical (unpaired) electrons. The summed E-state index contributed by atoms with van der Waals surface area (Å²) in [5.74, 6) is 0.0586. The van der Waals surface area contributed by atoms with Crippen molar-refractivity contribution in [1.29, 1.82) is 0 Å². The third kappa shape index (κ3) is 3.96. The van der Waals surface area contributed by atoms with Gasteiger partial charge in [0, 0.05) is 11.3 Å². The van der Waals surface area contributed by atoms with E-state index in [1.54, 1.807) is 23.7 Å². The monoisotopic (exact) mass is 415 g/mol. The summed E-state index contributed by atoms with van der Waals surface area (Å²) in [7, 11) is 0. The molecular formula is C20H21N3O5S. The van der Waals surface area contributed by atoms with Crippen molar-refractivity contribution in [3.8, 4) is 5.75 Å². The van der Waals surface area contributed by atoms with Gasteiger partial charge < -0.3 is 25.3 Å². The second-order valence-electron chi connectivity index (χ2n) is 7.03. The van der Waals surface area contributed by atoms with Gasteiger partial charge >= 0.3 is 0 Å². The lowest BCUT2D eigenvalue weighted by atomic mass is 10.1. The number of aliphatic hydroxyl groups is 1. The largest absolute Gasteiger partial charge is 0.488 e. The first kappa shape index (κ1) is 19.4. The summed E-state index contributed by atoms with van der Waals surface area (Å²) >= 11 is 1.52. The minimum absolute atomic E-state index is 0.175. The fraction of sp³-hybridized carbons (Fsp3) is 0.350. The Labute approximate surface area is 170 Å². The summed E-state index contributed by atoms with van der Waals surface area (Å²) < 4.78 is 11.8. The number of hydrogen-bond donors (Lipinski definition) is 3. The summed E-state index contributed by atoms with van der Waals surface area (Å²) in [4.78, 5) is 29.6. The molecule has 8 nitrogen and oxygen atoms in total. The van der Waals surface area contributed by atoms with Crippen LogP contribution in [0.2, 0.25) is 0 Å². The molecule has 29 heavy (non-hydrogen) atoms. The van der Waals surface area contributed by atoms with E-state index in [1.807, 2.05) is 6.92 Å². The van der Waals surface area contributed by atoms with Crippen LogP contribution in [0.25, 0.3) is 11.0 Å². The van der Waals surface area contributed by atoms with Gasteiger partial charge in [-0.25, -0.2) is 4.98 Å². The lowest BCUT2D eigenvalue weighted by Gasteiger charge is -2.13. The van der Waals surface area contributed by atoms with Crippen LogP contribution in [0.5, 0.6) is 5.75 Å². The predicted octanol–water partition coefficient (Wildman–Crippen LogP) is 2.23. The minimum atomic E-state index is -1.16. The molecule has 152 valence electrons. The van der Waals surface area contributed by atoms with Crippen LogP contribution in [0.3, 0.4) is 0 Å². The number of furan rings is 1. The van der Waals surface area contributed by atoms with Crippen LogP contribution >= 0.6 is 11.3 Å². The van der Waals surface area contributed by atoms with Gasteiger partial charge in [0.15, 0.2) is 0 Å². The van der Waals surface area contributed by atoms with Gasteiger partial charge in [-0.1, -0.05) is 0 Å². The number of amides is 2. The van der Waals surface area contributed by atoms with Gasteiger partial charge in [0.1, 0.15) is 29.7 Å². The van der Waals surface area contributed by atoms with Crippen LogP contribution in [0.4, 0.5) is 0 Å². The van der Waals surface area contributed by atoms with Crippen molar-refractivity contribution in [2.75, 3.05) is 6.61 Å². The molecule has 2 heterocycles. The molecule has 4 rings (SSSR count). The van der Waals surface area contributed by atoms with Gasteiger partial charge in [-0.15, -0.1) is 11.3 Å². The number of nitrogens with zero attached hydrogens (tertiary/aromatic N) is 1. The highest BCUT2D eigenvalue weighted by Crippen LogP contribution is 2.45. The van der Waals surface area contributed by atoms with E-state index in [1.165, 1.54) is 11.3 Å². The normalized spacial score (nSPS) is 14.7. The number of ether oxygens (including phenoxy) is 1. The SMILES string of the molecule is Cc1ncsc1COc1ccc2oc(C3CC3)c(C(=O)NC(CO)C(N)=O)c2c1. The van der Waals surface area contributed by atoms with Gasteiger partial charge in [0.2, 0.25) is 5.91 Å². The number of carbonyl (C=O) groups excluding carboxylic acids is 2. The van der Waals surface area contributed by atoms with Crippen molar-refractivity contribution in [2.24, 2.45) is 5.73 Å². The third-order valence-corrected chi connectivity index (χ3v) is 5.82. The van der Waals surface area contributed by atoms with Crippen molar-refractivity contribution in [2.45, 2.75) is 38.3 Å². The minimum Gasteiger partial charge on any atom is -0.488 e. The van der Waals surface area contributed by atoms with Crippen LogP contribution < -0.4 is 15.8 Å². The predicted molar refractivity (Wildman–Crippen MR) is 107 cm³/mol. The summed E-state index contributed by atoms with van der Waals surface area (Å²) in [5.41, 5.74) is 8.86. The maximum Gasteiger partial charge on any atom is 0.256 e. The average molecular weight is 415 g/mol. The number of fused-ring (bicyclic) bond motifs is 1. The Balaban J connectivity index is 1.65. The van der Waals surface area contributed by atoms with Crippen LogP contribution in [0.1, 0.15) is 45.4 Å². The number of nitrogens with two attached hydrogens (primary N) is 1. The van der Waals surface area contributed by atoms with Crippen LogP contribution in [0.15, 0.2) is 28.1 Å². The molecule has 1 aliphatic rings. The maximum atomic E-state index is 12.9. The lowest BCUT2D eigenvalue weighted by molar-refractivity contribution is -0.120. The molecule has 1 saturated carbocycles. The molecule has 1 fully saturated rings. The first-order valence-electron chi connectivity index (χ1n) is 9.27. The van der Waals surface area contributed by atoms with Crippen molar-refractivity contribution in [1.82, 2.24) is 10.3 Å². The van der Waals surface area contributed by atoms with Gasteiger partial charge in [-0.05, 0) is 38.0 Å². The third-order valence-electron chi connectivity index (χ3n) is 4.91. The molecule has 0 spiro atoms. The van der Waals surface area contributed by atoms with E-state index in [0.29, 0.717) is 34.6 Å². The van der Waals surface area contributed by atoms with Gasteiger partial charge in [0.25, 0.3) is 5.91 Å². The second kappa shape index (κ2) is 7.84. The fourth-order valence-corrected chi connectivity index (χ4v) is 3.79. The van der Waals surface area contributed by atoms with E-state index in [9.17, 15) is 14.7 Å². The zero-order valence-electron chi connectivity index (χ0n) is 15.8. The van der Waals surface area contributed by atoms with Crippen LogP contribution in [-0.2, 0) is 11.4 Å². The second-order valence-corrected chi connectivity index (χ2v) is 7.97. The van der Waals surface area contributed by atoms with E-state index in [-0.39, 0.29) is 5.92 Å². The van der Waals surface area contributed by atoms with E-state index < -0.39 is 24.5 Å². The van der Waals surface area contributed by atoms with Gasteiger partial charge in [0.05, 0.1) is 28.3 Å². The molecule has 1 atom stereocenters. The molecular weight excluding hydrogens is 394 g/mol. The molecule has 2 amide bonds. The van der Waals surface area contributed by atoms with E-state index >= 15 is 0 Å². The zero-order valence-corrected chi connectivity index (χ0v) is 16.6. The number of benzene rings is 1. The zero-order chi connectivity index (χ0) is 20.5. The lowest BCUT2D eigenvalue weighted by Crippen LogP contribution is -2.46. The number of nitrogens with one attached hydrogen (secondary N) is 1. The highest BCUT2D eigenvalue weighted by molar-refractivity contribution is 7.09. The summed E-state index contributed by atoms with van der Waals surface area (Å²) in [6.45, 7) is 1.73. The Morgan fingerprint density at radius 2 is 2.24 bits per heavy atom. The number of aryl methyl sites for hydroxylation is 1. The topological polar surface area (TPSA) is 128 Å². The highest BCUT2D eigenvalue weighted by atomic mass is 32.1. The highest BCUT2D eigenvalue weighted by Gasteiger charge is 2.34. The number of aromatic nitrogens is 1. The maximum absolute atomic E-state index is 12.9. The molecule has 1 unspecified atom stereocenters. The molecule has 1 aromatic carbocycles. The molecule has 0 saturated heterocycles. The molecule has 0 aliphatic heterocycles. The van der Waals surface area contributed by atoms with Crippen LogP contribution in [0, 0.1) is 6.92 Å². The van der Waals surface area contributed by atoms with Crippen LogP contribution in [-0.4, -0.2) is 34.6 Å². The number of primary amides is 1. The first-order valence-corrected chi connectivity index (χ1v) is 10.1. The Bertz CT molecular complexity index is 1070. The average Bonchev–Trinajstić information content (AvgIpc) is 3.36. The molecule has 0 bridgehead atoms. The van der Waals surface area contributed by atoms with E-state index in [2.05, 4.69) is 10.3 Å².